The van der Waals surface area contributed by atoms with Crippen molar-refractivity contribution >= 4 is 5.78 Å². The van der Waals surface area contributed by atoms with Crippen LogP contribution in [0.2, 0.25) is 0 Å². The first-order chi connectivity index (χ1) is 14.1. The van der Waals surface area contributed by atoms with Gasteiger partial charge in [0.05, 0.1) is 17.8 Å². The molecule has 0 aromatic carbocycles. The van der Waals surface area contributed by atoms with Crippen molar-refractivity contribution in [3.8, 4) is 0 Å². The van der Waals surface area contributed by atoms with Gasteiger partial charge in [0.1, 0.15) is 0 Å². The van der Waals surface area contributed by atoms with Gasteiger partial charge >= 0.3 is 0 Å². The summed E-state index contributed by atoms with van der Waals surface area (Å²) >= 11 is 0. The Morgan fingerprint density at radius 1 is 1.10 bits per heavy atom. The van der Waals surface area contributed by atoms with E-state index in [2.05, 4.69) is 34.6 Å². The second-order valence-electron chi connectivity index (χ2n) is 12.6. The maximum absolute atomic E-state index is 13.4. The van der Waals surface area contributed by atoms with Crippen LogP contribution in [0.3, 0.4) is 0 Å². The Labute approximate surface area is 183 Å². The number of aliphatic hydroxyl groups excluding tert-OH is 1. The molecule has 1 heterocycles. The molecule has 3 nitrogen and oxygen atoms in total. The fourth-order valence-electron chi connectivity index (χ4n) is 8.71. The van der Waals surface area contributed by atoms with E-state index in [9.17, 15) is 9.90 Å². The van der Waals surface area contributed by atoms with Crippen molar-refractivity contribution in [2.75, 3.05) is 0 Å². The Balaban J connectivity index is 1.35. The van der Waals surface area contributed by atoms with Gasteiger partial charge in [0.25, 0.3) is 0 Å². The van der Waals surface area contributed by atoms with Gasteiger partial charge in [-0.2, -0.15) is 0 Å². The van der Waals surface area contributed by atoms with Crippen LogP contribution in [-0.4, -0.2) is 28.7 Å². The first-order valence-corrected chi connectivity index (χ1v) is 12.7. The molecule has 9 atom stereocenters. The number of ether oxygens (including phenoxy) is 1. The minimum absolute atomic E-state index is 0.0987. The van der Waals surface area contributed by atoms with Gasteiger partial charge in [0.15, 0.2) is 5.78 Å². The smallest absolute Gasteiger partial charge is 0.159 e. The van der Waals surface area contributed by atoms with Crippen LogP contribution in [0.1, 0.15) is 92.4 Å². The molecule has 0 aromatic heterocycles. The van der Waals surface area contributed by atoms with E-state index in [4.69, 9.17) is 4.74 Å². The minimum Gasteiger partial charge on any atom is -0.393 e. The van der Waals surface area contributed by atoms with Crippen LogP contribution in [0, 0.1) is 40.4 Å². The number of carbonyl (C=O) groups is 1. The fraction of sp³-hybridized carbons (Fsp3) is 0.889. The van der Waals surface area contributed by atoms with Gasteiger partial charge in [-0.05, 0) is 112 Å². The Kier molecular flexibility index (Phi) is 4.88. The largest absolute Gasteiger partial charge is 0.393 e. The number of aliphatic hydroxyl groups is 1. The lowest BCUT2D eigenvalue weighted by atomic mass is 9.46. The summed E-state index contributed by atoms with van der Waals surface area (Å²) in [6, 6.07) is 0. The summed E-state index contributed by atoms with van der Waals surface area (Å²) in [7, 11) is 0. The molecule has 3 unspecified atom stereocenters. The summed E-state index contributed by atoms with van der Waals surface area (Å²) < 4.78 is 5.83. The van der Waals surface area contributed by atoms with E-state index < -0.39 is 0 Å². The standard InChI is InChI=1S/C27H42O3/c1-16(6-9-23-25(2,3)30-23)19-7-8-20-24-21(11-13-27(19,20)5)26(4)12-10-18(28)14-17(26)15-22(24)29/h15-16,18-21,23-24,28H,6-14H2,1-5H3/t16?,18-,19+,20-,21-,23?,24?,26-,27+/m0/s1. The van der Waals surface area contributed by atoms with Crippen molar-refractivity contribution in [2.45, 2.75) is 110 Å². The van der Waals surface area contributed by atoms with E-state index in [1.54, 1.807) is 0 Å². The maximum Gasteiger partial charge on any atom is 0.159 e. The summed E-state index contributed by atoms with van der Waals surface area (Å²) in [5, 5.41) is 10.2. The Morgan fingerprint density at radius 3 is 2.53 bits per heavy atom. The summed E-state index contributed by atoms with van der Waals surface area (Å²) in [6.07, 6.45) is 12.3. The van der Waals surface area contributed by atoms with Crippen LogP contribution in [0.5, 0.6) is 0 Å². The summed E-state index contributed by atoms with van der Waals surface area (Å²) in [4.78, 5) is 13.4. The fourth-order valence-corrected chi connectivity index (χ4v) is 8.71. The highest BCUT2D eigenvalue weighted by atomic mass is 16.6. The third-order valence-electron chi connectivity index (χ3n) is 10.7. The quantitative estimate of drug-likeness (QED) is 0.600. The number of hydrogen-bond acceptors (Lipinski definition) is 3. The second kappa shape index (κ2) is 6.91. The number of fused-ring (bicyclic) bond motifs is 5. The third-order valence-corrected chi connectivity index (χ3v) is 10.7. The molecule has 0 bridgehead atoms. The number of hydrogen-bond donors (Lipinski definition) is 1. The molecule has 0 amide bonds. The average Bonchev–Trinajstić information content (AvgIpc) is 3.13. The lowest BCUT2D eigenvalue weighted by molar-refractivity contribution is -0.135. The summed E-state index contributed by atoms with van der Waals surface area (Å²) in [6.45, 7) is 11.8. The molecule has 3 saturated carbocycles. The molecular weight excluding hydrogens is 372 g/mol. The van der Waals surface area contributed by atoms with E-state index in [1.165, 1.54) is 44.1 Å². The van der Waals surface area contributed by atoms with Gasteiger partial charge in [0, 0.05) is 5.92 Å². The molecule has 0 spiro atoms. The molecule has 30 heavy (non-hydrogen) atoms. The van der Waals surface area contributed by atoms with E-state index in [-0.39, 0.29) is 23.0 Å². The third kappa shape index (κ3) is 3.09. The Morgan fingerprint density at radius 2 is 1.83 bits per heavy atom. The highest BCUT2D eigenvalue weighted by Crippen LogP contribution is 2.66. The number of carbonyl (C=O) groups excluding carboxylic acids is 1. The molecule has 168 valence electrons. The highest BCUT2D eigenvalue weighted by Gasteiger charge is 2.61. The van der Waals surface area contributed by atoms with Crippen molar-refractivity contribution in [1.82, 2.24) is 0 Å². The second-order valence-corrected chi connectivity index (χ2v) is 12.6. The Bertz CT molecular complexity index is 753. The number of allylic oxidation sites excluding steroid dienone is 1. The average molecular weight is 415 g/mol. The molecule has 0 radical (unpaired) electrons. The normalized spacial score (nSPS) is 50.2. The lowest BCUT2D eigenvalue weighted by Gasteiger charge is -2.57. The van der Waals surface area contributed by atoms with Gasteiger partial charge in [-0.1, -0.05) is 26.3 Å². The first kappa shape index (κ1) is 21.2. The van der Waals surface area contributed by atoms with Gasteiger partial charge in [-0.3, -0.25) is 4.79 Å². The number of ketones is 1. The highest BCUT2D eigenvalue weighted by molar-refractivity contribution is 5.94. The van der Waals surface area contributed by atoms with E-state index >= 15 is 0 Å². The van der Waals surface area contributed by atoms with E-state index in [0.717, 1.165) is 18.8 Å². The molecule has 5 rings (SSSR count). The van der Waals surface area contributed by atoms with Crippen molar-refractivity contribution in [1.29, 1.82) is 0 Å². The molecule has 3 heteroatoms. The zero-order chi connectivity index (χ0) is 21.5. The van der Waals surface area contributed by atoms with Crippen LogP contribution < -0.4 is 0 Å². The van der Waals surface area contributed by atoms with Gasteiger partial charge in [-0.15, -0.1) is 0 Å². The van der Waals surface area contributed by atoms with Crippen molar-refractivity contribution in [2.24, 2.45) is 40.4 Å². The van der Waals surface area contributed by atoms with Crippen LogP contribution in [0.15, 0.2) is 11.6 Å². The minimum atomic E-state index is -0.250. The van der Waals surface area contributed by atoms with Crippen molar-refractivity contribution < 1.29 is 14.6 Å². The summed E-state index contributed by atoms with van der Waals surface area (Å²) in [5.74, 6) is 3.09. The molecule has 4 aliphatic carbocycles. The zero-order valence-corrected chi connectivity index (χ0v) is 19.7. The number of epoxide rings is 1. The van der Waals surface area contributed by atoms with Gasteiger partial charge < -0.3 is 9.84 Å². The summed E-state index contributed by atoms with van der Waals surface area (Å²) in [5.41, 5.74) is 1.80. The Hall–Kier alpha value is -0.670. The van der Waals surface area contributed by atoms with Crippen molar-refractivity contribution in [3.05, 3.63) is 11.6 Å². The molecule has 1 aliphatic heterocycles. The SMILES string of the molecule is CC(CCC1OC1(C)C)[C@H]1CC[C@H]2C3C(=O)C=C4C[C@@H](O)CC[C@]4(C)[C@H]3CC[C@]12C. The molecule has 4 fully saturated rings. The van der Waals surface area contributed by atoms with E-state index in [0.29, 0.717) is 41.5 Å². The molecular formula is C27H42O3. The van der Waals surface area contributed by atoms with Crippen LogP contribution in [0.4, 0.5) is 0 Å². The number of rotatable bonds is 4. The monoisotopic (exact) mass is 414 g/mol. The molecule has 5 aliphatic rings. The van der Waals surface area contributed by atoms with E-state index in [1.807, 2.05) is 6.08 Å². The zero-order valence-electron chi connectivity index (χ0n) is 19.7. The maximum atomic E-state index is 13.4. The lowest BCUT2D eigenvalue weighted by Crippen LogP contribution is -2.53. The topological polar surface area (TPSA) is 49.8 Å². The molecule has 0 aromatic rings. The van der Waals surface area contributed by atoms with Crippen LogP contribution in [0.25, 0.3) is 0 Å². The van der Waals surface area contributed by atoms with Crippen LogP contribution in [-0.2, 0) is 9.53 Å². The molecule has 1 N–H and O–H groups in total. The van der Waals surface area contributed by atoms with Gasteiger partial charge in [0.2, 0.25) is 0 Å². The van der Waals surface area contributed by atoms with Gasteiger partial charge in [-0.25, -0.2) is 0 Å². The molecule has 1 saturated heterocycles. The van der Waals surface area contributed by atoms with Crippen LogP contribution >= 0.6 is 0 Å². The predicted molar refractivity (Wildman–Crippen MR) is 119 cm³/mol. The first-order valence-electron chi connectivity index (χ1n) is 12.7. The predicted octanol–water partition coefficient (Wildman–Crippen LogP) is 5.70. The van der Waals surface area contributed by atoms with Crippen molar-refractivity contribution in [3.63, 3.8) is 0 Å².